The van der Waals surface area contributed by atoms with Crippen molar-refractivity contribution in [3.05, 3.63) is 77.0 Å². The highest BCUT2D eigenvalue weighted by atomic mass is 35.5. The van der Waals surface area contributed by atoms with Crippen LogP contribution in [0.15, 0.2) is 54.9 Å². The highest BCUT2D eigenvalue weighted by molar-refractivity contribution is 6.29. The van der Waals surface area contributed by atoms with Crippen molar-refractivity contribution in [3.63, 3.8) is 0 Å². The molecule has 2 heterocycles. The van der Waals surface area contributed by atoms with Crippen LogP contribution in [0.5, 0.6) is 0 Å². The standard InChI is InChI=1S/C24H22ClFN4O2/c1-15(31)30(14-16-2-3-16)22-8-6-18(10-20(22)26)21-7-5-19(13-27-21)24(32)29-12-17-4-9-23(25)28-11-17/h4-11,13,16H,2-3,12,14H2,1H3,(H,29,32). The lowest BCUT2D eigenvalue weighted by Crippen LogP contribution is -2.31. The van der Waals surface area contributed by atoms with Gasteiger partial charge in [-0.3, -0.25) is 14.6 Å². The molecule has 1 N–H and O–H groups in total. The highest BCUT2D eigenvalue weighted by Gasteiger charge is 2.27. The van der Waals surface area contributed by atoms with Crippen LogP contribution in [0.1, 0.15) is 35.7 Å². The zero-order valence-electron chi connectivity index (χ0n) is 17.5. The van der Waals surface area contributed by atoms with Crippen LogP contribution in [-0.2, 0) is 11.3 Å². The van der Waals surface area contributed by atoms with Gasteiger partial charge in [-0.05, 0) is 54.7 Å². The minimum atomic E-state index is -0.474. The lowest BCUT2D eigenvalue weighted by molar-refractivity contribution is -0.116. The number of nitrogens with zero attached hydrogens (tertiary/aromatic N) is 3. The quantitative estimate of drug-likeness (QED) is 0.530. The second-order valence-corrected chi connectivity index (χ2v) is 8.23. The van der Waals surface area contributed by atoms with Crippen molar-refractivity contribution in [3.8, 4) is 11.3 Å². The molecule has 0 atom stereocenters. The van der Waals surface area contributed by atoms with E-state index in [1.54, 1.807) is 42.6 Å². The Morgan fingerprint density at radius 3 is 2.53 bits per heavy atom. The Morgan fingerprint density at radius 2 is 1.94 bits per heavy atom. The van der Waals surface area contributed by atoms with Crippen molar-refractivity contribution < 1.29 is 14.0 Å². The average Bonchev–Trinajstić information content (AvgIpc) is 3.61. The van der Waals surface area contributed by atoms with Gasteiger partial charge in [-0.25, -0.2) is 9.37 Å². The number of halogens is 2. The summed E-state index contributed by atoms with van der Waals surface area (Å²) in [6, 6.07) is 11.5. The number of aromatic nitrogens is 2. The van der Waals surface area contributed by atoms with Crippen LogP contribution in [-0.4, -0.2) is 28.3 Å². The van der Waals surface area contributed by atoms with Gasteiger partial charge in [0.25, 0.3) is 5.91 Å². The predicted octanol–water partition coefficient (Wildman–Crippen LogP) is 4.63. The van der Waals surface area contributed by atoms with E-state index in [1.807, 2.05) is 0 Å². The molecule has 164 valence electrons. The Kier molecular flexibility index (Phi) is 6.46. The summed E-state index contributed by atoms with van der Waals surface area (Å²) < 4.78 is 14.8. The van der Waals surface area contributed by atoms with Gasteiger partial charge in [-0.2, -0.15) is 0 Å². The molecule has 0 saturated heterocycles. The first kappa shape index (κ1) is 21.9. The summed E-state index contributed by atoms with van der Waals surface area (Å²) >= 11 is 5.76. The Bertz CT molecular complexity index is 1130. The van der Waals surface area contributed by atoms with Gasteiger partial charge >= 0.3 is 0 Å². The second-order valence-electron chi connectivity index (χ2n) is 7.84. The molecule has 4 rings (SSSR count). The number of hydrogen-bond donors (Lipinski definition) is 1. The average molecular weight is 453 g/mol. The minimum absolute atomic E-state index is 0.175. The van der Waals surface area contributed by atoms with E-state index in [9.17, 15) is 14.0 Å². The number of rotatable bonds is 7. The summed E-state index contributed by atoms with van der Waals surface area (Å²) in [7, 11) is 0. The zero-order chi connectivity index (χ0) is 22.7. The third-order valence-electron chi connectivity index (χ3n) is 5.32. The fourth-order valence-corrected chi connectivity index (χ4v) is 3.45. The molecule has 1 saturated carbocycles. The van der Waals surface area contributed by atoms with Crippen LogP contribution in [0.4, 0.5) is 10.1 Å². The van der Waals surface area contributed by atoms with Gasteiger partial charge in [0.15, 0.2) is 0 Å². The molecule has 8 heteroatoms. The molecular formula is C24H22ClFN4O2. The van der Waals surface area contributed by atoms with Crippen molar-refractivity contribution >= 4 is 29.1 Å². The molecule has 0 aliphatic heterocycles. The van der Waals surface area contributed by atoms with E-state index in [-0.39, 0.29) is 17.5 Å². The van der Waals surface area contributed by atoms with Crippen LogP contribution in [0, 0.1) is 11.7 Å². The number of carbonyl (C=O) groups is 2. The van der Waals surface area contributed by atoms with Crippen LogP contribution >= 0.6 is 11.6 Å². The summed E-state index contributed by atoms with van der Waals surface area (Å²) in [5.74, 6) is -0.475. The van der Waals surface area contributed by atoms with Gasteiger partial charge in [0.1, 0.15) is 11.0 Å². The molecule has 1 fully saturated rings. The van der Waals surface area contributed by atoms with E-state index in [4.69, 9.17) is 11.6 Å². The van der Waals surface area contributed by atoms with E-state index in [0.717, 1.165) is 18.4 Å². The summed E-state index contributed by atoms with van der Waals surface area (Å²) in [5.41, 5.74) is 2.59. The number of anilines is 1. The SMILES string of the molecule is CC(=O)N(CC1CC1)c1ccc(-c2ccc(C(=O)NCc3ccc(Cl)nc3)cn2)cc1F. The zero-order valence-corrected chi connectivity index (χ0v) is 18.3. The number of carbonyl (C=O) groups excluding carboxylic acids is 2. The Morgan fingerprint density at radius 1 is 1.12 bits per heavy atom. The number of hydrogen-bond acceptors (Lipinski definition) is 4. The molecule has 1 aromatic carbocycles. The maximum atomic E-state index is 14.8. The third kappa shape index (κ3) is 5.29. The number of nitrogens with one attached hydrogen (secondary N) is 1. The number of pyridine rings is 2. The molecule has 32 heavy (non-hydrogen) atoms. The molecule has 0 spiro atoms. The summed E-state index contributed by atoms with van der Waals surface area (Å²) in [6.07, 6.45) is 5.19. The molecule has 6 nitrogen and oxygen atoms in total. The topological polar surface area (TPSA) is 75.2 Å². The van der Waals surface area contributed by atoms with E-state index < -0.39 is 5.82 Å². The van der Waals surface area contributed by atoms with Gasteiger partial charge in [0, 0.05) is 38.0 Å². The first-order chi connectivity index (χ1) is 15.4. The van der Waals surface area contributed by atoms with Crippen molar-refractivity contribution in [2.75, 3.05) is 11.4 Å². The maximum Gasteiger partial charge on any atom is 0.253 e. The fraction of sp³-hybridized carbons (Fsp3) is 0.250. The molecular weight excluding hydrogens is 431 g/mol. The fourth-order valence-electron chi connectivity index (χ4n) is 3.33. The smallest absolute Gasteiger partial charge is 0.253 e. The molecule has 2 amide bonds. The molecule has 1 aliphatic carbocycles. The van der Waals surface area contributed by atoms with Gasteiger partial charge in [-0.1, -0.05) is 23.7 Å². The lowest BCUT2D eigenvalue weighted by atomic mass is 10.1. The third-order valence-corrected chi connectivity index (χ3v) is 5.54. The van der Waals surface area contributed by atoms with Crippen LogP contribution in [0.2, 0.25) is 5.15 Å². The molecule has 3 aromatic rings. The minimum Gasteiger partial charge on any atom is -0.348 e. The monoisotopic (exact) mass is 452 g/mol. The largest absolute Gasteiger partial charge is 0.348 e. The maximum absolute atomic E-state index is 14.8. The summed E-state index contributed by atoms with van der Waals surface area (Å²) in [6.45, 7) is 2.30. The summed E-state index contributed by atoms with van der Waals surface area (Å²) in [4.78, 5) is 34.1. The normalized spacial score (nSPS) is 13.0. The summed E-state index contributed by atoms with van der Waals surface area (Å²) in [5, 5.41) is 3.18. The van der Waals surface area contributed by atoms with Crippen LogP contribution < -0.4 is 10.2 Å². The van der Waals surface area contributed by atoms with Gasteiger partial charge in [0.05, 0.1) is 16.9 Å². The van der Waals surface area contributed by atoms with Crippen LogP contribution in [0.25, 0.3) is 11.3 Å². The van der Waals surface area contributed by atoms with Crippen LogP contribution in [0.3, 0.4) is 0 Å². The molecule has 2 aromatic heterocycles. The Labute approximate surface area is 190 Å². The van der Waals surface area contributed by atoms with Crippen molar-refractivity contribution in [2.45, 2.75) is 26.3 Å². The van der Waals surface area contributed by atoms with Crippen molar-refractivity contribution in [2.24, 2.45) is 5.92 Å². The number of amides is 2. The van der Waals surface area contributed by atoms with Crippen molar-refractivity contribution in [1.82, 2.24) is 15.3 Å². The van der Waals surface area contributed by atoms with Crippen molar-refractivity contribution in [1.29, 1.82) is 0 Å². The van der Waals surface area contributed by atoms with Gasteiger partial charge in [0.2, 0.25) is 5.91 Å². The highest BCUT2D eigenvalue weighted by Crippen LogP contribution is 2.33. The van der Waals surface area contributed by atoms with E-state index in [0.29, 0.717) is 41.0 Å². The number of benzene rings is 1. The van der Waals surface area contributed by atoms with Gasteiger partial charge in [-0.15, -0.1) is 0 Å². The molecule has 1 aliphatic rings. The van der Waals surface area contributed by atoms with E-state index in [2.05, 4.69) is 15.3 Å². The lowest BCUT2D eigenvalue weighted by Gasteiger charge is -2.22. The Hall–Kier alpha value is -3.32. The van der Waals surface area contributed by atoms with Gasteiger partial charge < -0.3 is 10.2 Å². The van der Waals surface area contributed by atoms with E-state index in [1.165, 1.54) is 24.1 Å². The predicted molar refractivity (Wildman–Crippen MR) is 121 cm³/mol. The molecule has 0 unspecified atom stereocenters. The van der Waals surface area contributed by atoms with E-state index >= 15 is 0 Å². The first-order valence-corrected chi connectivity index (χ1v) is 10.7. The second kappa shape index (κ2) is 9.44. The Balaban J connectivity index is 1.43. The first-order valence-electron chi connectivity index (χ1n) is 10.3. The molecule has 0 bridgehead atoms. The molecule has 0 radical (unpaired) electrons.